The molecule has 0 aliphatic heterocycles. The number of hydrogen-bond donors (Lipinski definition) is 0. The zero-order chi connectivity index (χ0) is 8.85. The highest BCUT2D eigenvalue weighted by molar-refractivity contribution is 8.13. The van der Waals surface area contributed by atoms with Gasteiger partial charge in [0.2, 0.25) is 5.91 Å². The van der Waals surface area contributed by atoms with E-state index in [0.717, 1.165) is 11.8 Å². The number of carbonyl (C=O) groups is 2. The zero-order valence-electron chi connectivity index (χ0n) is 6.96. The Bertz CT molecular complexity index is 159. The highest BCUT2D eigenvalue weighted by Crippen LogP contribution is 2.08. The van der Waals surface area contributed by atoms with Crippen LogP contribution in [0.3, 0.4) is 0 Å². The fraction of sp³-hybridized carbons (Fsp3) is 0.714. The van der Waals surface area contributed by atoms with Crippen molar-refractivity contribution >= 4 is 22.8 Å². The Morgan fingerprint density at radius 1 is 1.55 bits per heavy atom. The van der Waals surface area contributed by atoms with E-state index in [1.807, 2.05) is 0 Å². The topological polar surface area (TPSA) is 48.2 Å². The van der Waals surface area contributed by atoms with Gasteiger partial charge in [0.1, 0.15) is 0 Å². The lowest BCUT2D eigenvalue weighted by molar-refractivity contribution is -0.123. The van der Waals surface area contributed by atoms with Crippen molar-refractivity contribution in [2.24, 2.45) is 5.92 Å². The van der Waals surface area contributed by atoms with Crippen LogP contribution in [-0.4, -0.2) is 23.8 Å². The van der Waals surface area contributed by atoms with E-state index in [1.54, 1.807) is 6.92 Å². The molecule has 0 bridgehead atoms. The lowest BCUT2D eigenvalue weighted by Crippen LogP contribution is -2.21. The highest BCUT2D eigenvalue weighted by atomic mass is 32.2. The summed E-state index contributed by atoms with van der Waals surface area (Å²) in [6.07, 6.45) is 0. The molecule has 0 saturated carbocycles. The number of carbonyl (C=O) groups excluding carboxylic acids is 2. The Hall–Kier alpha value is -0.510. The largest absolute Gasteiger partial charge is 0.288 e. The molecule has 0 fully saturated rings. The van der Waals surface area contributed by atoms with Crippen LogP contribution in [-0.2, 0) is 9.59 Å². The van der Waals surface area contributed by atoms with E-state index in [0.29, 0.717) is 5.75 Å². The summed E-state index contributed by atoms with van der Waals surface area (Å²) in [6, 6.07) is 0. The van der Waals surface area contributed by atoms with Crippen molar-refractivity contribution in [3.63, 3.8) is 0 Å². The first-order valence-corrected chi connectivity index (χ1v) is 4.33. The van der Waals surface area contributed by atoms with Crippen molar-refractivity contribution in [1.82, 2.24) is 5.32 Å². The second-order valence-corrected chi connectivity index (χ2v) is 3.46. The average Bonchev–Trinajstić information content (AvgIpc) is 1.98. The number of amides is 1. The molecule has 1 radical (unpaired) electrons. The Morgan fingerprint density at radius 2 is 2.09 bits per heavy atom. The Morgan fingerprint density at radius 3 is 2.45 bits per heavy atom. The second-order valence-electron chi connectivity index (χ2n) is 2.27. The van der Waals surface area contributed by atoms with Gasteiger partial charge in [0, 0.05) is 25.6 Å². The van der Waals surface area contributed by atoms with Crippen molar-refractivity contribution in [2.75, 3.05) is 12.8 Å². The number of nitrogens with zero attached hydrogens (tertiary/aromatic N) is 1. The van der Waals surface area contributed by atoms with Crippen molar-refractivity contribution in [1.29, 1.82) is 0 Å². The molecular weight excluding hydrogens is 162 g/mol. The van der Waals surface area contributed by atoms with Gasteiger partial charge < -0.3 is 0 Å². The van der Waals surface area contributed by atoms with E-state index in [9.17, 15) is 9.59 Å². The molecule has 63 valence electrons. The molecule has 0 saturated heterocycles. The predicted molar refractivity (Wildman–Crippen MR) is 45.4 cm³/mol. The zero-order valence-corrected chi connectivity index (χ0v) is 7.77. The predicted octanol–water partition coefficient (Wildman–Crippen LogP) is 0.663. The maximum absolute atomic E-state index is 10.8. The van der Waals surface area contributed by atoms with Gasteiger partial charge in [-0.3, -0.25) is 14.9 Å². The van der Waals surface area contributed by atoms with Crippen molar-refractivity contribution < 1.29 is 9.59 Å². The minimum absolute atomic E-state index is 0.0424. The molecule has 0 aromatic heterocycles. The van der Waals surface area contributed by atoms with Crippen molar-refractivity contribution in [3.05, 3.63) is 0 Å². The van der Waals surface area contributed by atoms with Crippen LogP contribution in [0, 0.1) is 5.92 Å². The average molecular weight is 174 g/mol. The van der Waals surface area contributed by atoms with Crippen molar-refractivity contribution in [2.45, 2.75) is 13.8 Å². The molecule has 1 unspecified atom stereocenters. The van der Waals surface area contributed by atoms with Gasteiger partial charge >= 0.3 is 0 Å². The molecule has 1 amide bonds. The van der Waals surface area contributed by atoms with Gasteiger partial charge in [-0.05, 0) is 0 Å². The quantitative estimate of drug-likeness (QED) is 0.631. The first-order chi connectivity index (χ1) is 5.07. The molecule has 0 aromatic rings. The van der Waals surface area contributed by atoms with Gasteiger partial charge in [-0.1, -0.05) is 18.7 Å². The van der Waals surface area contributed by atoms with Gasteiger partial charge in [-0.15, -0.1) is 0 Å². The van der Waals surface area contributed by atoms with Gasteiger partial charge in [0.05, 0.1) is 0 Å². The molecule has 0 aliphatic rings. The van der Waals surface area contributed by atoms with Gasteiger partial charge in [0.25, 0.3) is 0 Å². The molecule has 4 heteroatoms. The molecular formula is C7H12NO2S. The third-order valence-corrected chi connectivity index (χ3v) is 2.25. The molecule has 11 heavy (non-hydrogen) atoms. The summed E-state index contributed by atoms with van der Waals surface area (Å²) in [5.74, 6) is 0.249. The van der Waals surface area contributed by atoms with Crippen LogP contribution in [0.15, 0.2) is 0 Å². The molecule has 0 aromatic carbocycles. The summed E-state index contributed by atoms with van der Waals surface area (Å²) in [4.78, 5) is 21.3. The fourth-order valence-corrected chi connectivity index (χ4v) is 1.16. The Balaban J connectivity index is 3.60. The van der Waals surface area contributed by atoms with Crippen LogP contribution in [0.25, 0.3) is 0 Å². The monoisotopic (exact) mass is 174 g/mol. The Kier molecular flexibility index (Phi) is 4.94. The fourth-order valence-electron chi connectivity index (χ4n) is 0.534. The second kappa shape index (κ2) is 5.18. The summed E-state index contributed by atoms with van der Waals surface area (Å²) in [5.41, 5.74) is 0. The van der Waals surface area contributed by atoms with Crippen molar-refractivity contribution in [3.8, 4) is 0 Å². The van der Waals surface area contributed by atoms with Crippen LogP contribution in [0.5, 0.6) is 0 Å². The molecule has 0 heterocycles. The maximum Gasteiger partial charge on any atom is 0.244 e. The standard InChI is InChI=1S/C7H12NO2S/c1-5(7(10)8-3)4-11-6(2)9/h5H,4H2,1-3H3. The van der Waals surface area contributed by atoms with Gasteiger partial charge in [-0.25, -0.2) is 0 Å². The van der Waals surface area contributed by atoms with E-state index < -0.39 is 0 Å². The van der Waals surface area contributed by atoms with E-state index in [4.69, 9.17) is 0 Å². The minimum atomic E-state index is -0.145. The number of hydrogen-bond acceptors (Lipinski definition) is 3. The minimum Gasteiger partial charge on any atom is -0.288 e. The van der Waals surface area contributed by atoms with Crippen LogP contribution < -0.4 is 5.32 Å². The summed E-state index contributed by atoms with van der Waals surface area (Å²) in [6.45, 7) is 3.26. The summed E-state index contributed by atoms with van der Waals surface area (Å²) < 4.78 is 0. The SMILES string of the molecule is C[N]C(=O)C(C)CSC(C)=O. The maximum atomic E-state index is 10.8. The number of thioether (sulfide) groups is 1. The number of rotatable bonds is 3. The van der Waals surface area contributed by atoms with Gasteiger partial charge in [-0.2, -0.15) is 0 Å². The summed E-state index contributed by atoms with van der Waals surface area (Å²) in [5, 5.41) is 3.55. The lowest BCUT2D eigenvalue weighted by atomic mass is 10.2. The summed E-state index contributed by atoms with van der Waals surface area (Å²) >= 11 is 1.16. The molecule has 3 nitrogen and oxygen atoms in total. The van der Waals surface area contributed by atoms with E-state index >= 15 is 0 Å². The van der Waals surface area contributed by atoms with Crippen LogP contribution in [0.2, 0.25) is 0 Å². The smallest absolute Gasteiger partial charge is 0.244 e. The van der Waals surface area contributed by atoms with E-state index in [2.05, 4.69) is 5.32 Å². The third-order valence-electron chi connectivity index (χ3n) is 1.18. The molecule has 0 aliphatic carbocycles. The van der Waals surface area contributed by atoms with Gasteiger partial charge in [0.15, 0.2) is 5.12 Å². The highest BCUT2D eigenvalue weighted by Gasteiger charge is 2.12. The molecule has 0 spiro atoms. The normalized spacial score (nSPS) is 12.3. The van der Waals surface area contributed by atoms with Crippen LogP contribution in [0.4, 0.5) is 0 Å². The first kappa shape index (κ1) is 10.5. The Labute approximate surface area is 70.9 Å². The third kappa shape index (κ3) is 4.84. The lowest BCUT2D eigenvalue weighted by Gasteiger charge is -2.04. The van der Waals surface area contributed by atoms with E-state index in [-0.39, 0.29) is 16.9 Å². The van der Waals surface area contributed by atoms with Crippen LogP contribution >= 0.6 is 11.8 Å². The summed E-state index contributed by atoms with van der Waals surface area (Å²) in [7, 11) is 1.47. The van der Waals surface area contributed by atoms with E-state index in [1.165, 1.54) is 14.0 Å². The van der Waals surface area contributed by atoms with Crippen LogP contribution in [0.1, 0.15) is 13.8 Å². The molecule has 1 atom stereocenters. The first-order valence-electron chi connectivity index (χ1n) is 3.35. The molecule has 0 rings (SSSR count). The molecule has 0 N–H and O–H groups in total.